The number of ether oxygens (including phenoxy) is 2. The molecule has 15 heavy (non-hydrogen) atoms. The summed E-state index contributed by atoms with van der Waals surface area (Å²) >= 11 is 0. The van der Waals surface area contributed by atoms with Gasteiger partial charge in [0.25, 0.3) is 0 Å². The van der Waals surface area contributed by atoms with Gasteiger partial charge in [-0.05, 0) is 37.2 Å². The summed E-state index contributed by atoms with van der Waals surface area (Å²) in [5.74, 6) is 6.28. The summed E-state index contributed by atoms with van der Waals surface area (Å²) in [6.45, 7) is 0.821. The Morgan fingerprint density at radius 3 is 2.87 bits per heavy atom. The molecule has 0 amide bonds. The van der Waals surface area contributed by atoms with Gasteiger partial charge in [0, 0.05) is 7.11 Å². The van der Waals surface area contributed by atoms with Crippen LogP contribution in [0.5, 0.6) is 0 Å². The van der Waals surface area contributed by atoms with Crippen molar-refractivity contribution >= 4 is 0 Å². The minimum Gasteiger partial charge on any atom is -0.501 e. The van der Waals surface area contributed by atoms with Crippen molar-refractivity contribution in [3.8, 4) is 0 Å². The quantitative estimate of drug-likeness (QED) is 0.526. The molecule has 0 saturated heterocycles. The maximum absolute atomic E-state index is 5.62. The molecule has 1 saturated carbocycles. The molecule has 4 heteroatoms. The molecule has 0 bridgehead atoms. The summed E-state index contributed by atoms with van der Waals surface area (Å²) in [6.07, 6.45) is 6.69. The van der Waals surface area contributed by atoms with E-state index >= 15 is 0 Å². The number of hydrazine groups is 1. The highest BCUT2D eigenvalue weighted by Gasteiger charge is 2.38. The van der Waals surface area contributed by atoms with Crippen molar-refractivity contribution < 1.29 is 9.47 Å². The van der Waals surface area contributed by atoms with Crippen LogP contribution in [0.1, 0.15) is 25.7 Å². The summed E-state index contributed by atoms with van der Waals surface area (Å²) in [5, 5.41) is 0. The monoisotopic (exact) mass is 212 g/mol. The molecule has 0 aromatic heterocycles. The van der Waals surface area contributed by atoms with Crippen LogP contribution in [0.15, 0.2) is 11.8 Å². The fraction of sp³-hybridized carbons (Fsp3) is 0.818. The van der Waals surface area contributed by atoms with Crippen LogP contribution in [0.3, 0.4) is 0 Å². The fourth-order valence-corrected chi connectivity index (χ4v) is 2.25. The molecular weight excluding hydrogens is 192 g/mol. The molecule has 1 aliphatic carbocycles. The van der Waals surface area contributed by atoms with Crippen LogP contribution < -0.4 is 11.3 Å². The van der Waals surface area contributed by atoms with Crippen molar-refractivity contribution in [2.45, 2.75) is 37.8 Å². The third-order valence-corrected chi connectivity index (χ3v) is 3.23. The van der Waals surface area contributed by atoms with Crippen LogP contribution in [0.4, 0.5) is 0 Å². The van der Waals surface area contributed by atoms with Gasteiger partial charge in [-0.25, -0.2) is 0 Å². The van der Waals surface area contributed by atoms with Gasteiger partial charge in [0.2, 0.25) is 0 Å². The lowest BCUT2D eigenvalue weighted by molar-refractivity contribution is 0.0572. The average molecular weight is 212 g/mol. The summed E-state index contributed by atoms with van der Waals surface area (Å²) in [4.78, 5) is 0. The fourth-order valence-electron chi connectivity index (χ4n) is 2.25. The van der Waals surface area contributed by atoms with Gasteiger partial charge in [-0.2, -0.15) is 0 Å². The van der Waals surface area contributed by atoms with Crippen molar-refractivity contribution in [2.75, 3.05) is 13.7 Å². The highest BCUT2D eigenvalue weighted by Crippen LogP contribution is 2.37. The summed E-state index contributed by atoms with van der Waals surface area (Å²) in [6, 6.07) is 0.114. The van der Waals surface area contributed by atoms with E-state index in [4.69, 9.17) is 15.3 Å². The van der Waals surface area contributed by atoms with Crippen molar-refractivity contribution in [2.24, 2.45) is 11.8 Å². The molecule has 1 aliphatic heterocycles. The molecule has 86 valence electrons. The lowest BCUT2D eigenvalue weighted by Crippen LogP contribution is -2.47. The van der Waals surface area contributed by atoms with E-state index in [1.165, 1.54) is 18.4 Å². The minimum absolute atomic E-state index is 0.114. The summed E-state index contributed by atoms with van der Waals surface area (Å²) in [5.41, 5.74) is 4.11. The molecule has 1 heterocycles. The molecular formula is C11H20N2O2. The number of nitrogens with two attached hydrogens (primary N) is 1. The van der Waals surface area contributed by atoms with Crippen LogP contribution >= 0.6 is 0 Å². The standard InChI is InChI=1S/C11H20N2O2/c1-14-11(8-4-5-8)10(13-12)9-3-2-6-15-7-9/h7-8,10-11,13H,2-6,12H2,1H3. The molecule has 0 spiro atoms. The third-order valence-electron chi connectivity index (χ3n) is 3.23. The Kier molecular flexibility index (Phi) is 3.61. The molecule has 0 radical (unpaired) electrons. The predicted octanol–water partition coefficient (Wildman–Crippen LogP) is 0.938. The highest BCUT2D eigenvalue weighted by atomic mass is 16.5. The Labute approximate surface area is 90.8 Å². The van der Waals surface area contributed by atoms with Gasteiger partial charge in [0.05, 0.1) is 25.0 Å². The second-order valence-corrected chi connectivity index (χ2v) is 4.35. The van der Waals surface area contributed by atoms with Crippen molar-refractivity contribution in [3.05, 3.63) is 11.8 Å². The molecule has 1 fully saturated rings. The second-order valence-electron chi connectivity index (χ2n) is 4.35. The number of rotatable bonds is 5. The Morgan fingerprint density at radius 1 is 1.60 bits per heavy atom. The van der Waals surface area contributed by atoms with E-state index in [1.54, 1.807) is 7.11 Å². The van der Waals surface area contributed by atoms with E-state index in [1.807, 2.05) is 6.26 Å². The molecule has 4 nitrogen and oxygen atoms in total. The van der Waals surface area contributed by atoms with Crippen LogP contribution in [-0.4, -0.2) is 25.9 Å². The van der Waals surface area contributed by atoms with Gasteiger partial charge < -0.3 is 9.47 Å². The largest absolute Gasteiger partial charge is 0.501 e. The first-order valence-corrected chi connectivity index (χ1v) is 5.66. The minimum atomic E-state index is 0.114. The van der Waals surface area contributed by atoms with E-state index in [0.29, 0.717) is 5.92 Å². The van der Waals surface area contributed by atoms with E-state index in [0.717, 1.165) is 19.4 Å². The van der Waals surface area contributed by atoms with E-state index in [2.05, 4.69) is 5.43 Å². The number of hydrogen-bond donors (Lipinski definition) is 2. The zero-order chi connectivity index (χ0) is 10.7. The normalized spacial score (nSPS) is 25.3. The van der Waals surface area contributed by atoms with Gasteiger partial charge in [0.15, 0.2) is 0 Å². The van der Waals surface area contributed by atoms with Gasteiger partial charge in [0.1, 0.15) is 0 Å². The SMILES string of the molecule is COC(C1CC1)C(NN)C1=COCCC1. The Bertz CT molecular complexity index is 239. The molecule has 2 atom stereocenters. The molecule has 0 aromatic carbocycles. The Morgan fingerprint density at radius 2 is 2.40 bits per heavy atom. The van der Waals surface area contributed by atoms with Crippen LogP contribution in [-0.2, 0) is 9.47 Å². The van der Waals surface area contributed by atoms with E-state index < -0.39 is 0 Å². The van der Waals surface area contributed by atoms with Gasteiger partial charge in [-0.3, -0.25) is 11.3 Å². The van der Waals surface area contributed by atoms with Gasteiger partial charge in [-0.1, -0.05) is 0 Å². The molecule has 3 N–H and O–H groups in total. The van der Waals surface area contributed by atoms with Crippen LogP contribution in [0.25, 0.3) is 0 Å². The summed E-state index contributed by atoms with van der Waals surface area (Å²) < 4.78 is 10.9. The number of methoxy groups -OCH3 is 1. The predicted molar refractivity (Wildman–Crippen MR) is 57.9 cm³/mol. The van der Waals surface area contributed by atoms with Crippen LogP contribution in [0.2, 0.25) is 0 Å². The van der Waals surface area contributed by atoms with Crippen LogP contribution in [0, 0.1) is 5.92 Å². The summed E-state index contributed by atoms with van der Waals surface area (Å²) in [7, 11) is 1.76. The van der Waals surface area contributed by atoms with Crippen molar-refractivity contribution in [1.29, 1.82) is 0 Å². The zero-order valence-electron chi connectivity index (χ0n) is 9.24. The topological polar surface area (TPSA) is 56.5 Å². The van der Waals surface area contributed by atoms with Gasteiger partial charge >= 0.3 is 0 Å². The lowest BCUT2D eigenvalue weighted by atomic mass is 9.95. The van der Waals surface area contributed by atoms with Gasteiger partial charge in [-0.15, -0.1) is 0 Å². The first-order valence-electron chi connectivity index (χ1n) is 5.66. The first kappa shape index (κ1) is 10.9. The second kappa shape index (κ2) is 4.96. The third kappa shape index (κ3) is 2.51. The Hall–Kier alpha value is -0.580. The molecule has 2 rings (SSSR count). The average Bonchev–Trinajstić information content (AvgIpc) is 3.11. The number of hydrogen-bond acceptors (Lipinski definition) is 4. The maximum atomic E-state index is 5.62. The lowest BCUT2D eigenvalue weighted by Gasteiger charge is -2.29. The smallest absolute Gasteiger partial charge is 0.0876 e. The molecule has 2 unspecified atom stereocenters. The van der Waals surface area contributed by atoms with Crippen molar-refractivity contribution in [1.82, 2.24) is 5.43 Å². The maximum Gasteiger partial charge on any atom is 0.0876 e. The number of nitrogens with one attached hydrogen (secondary N) is 1. The first-order chi connectivity index (χ1) is 7.36. The molecule has 0 aromatic rings. The zero-order valence-corrected chi connectivity index (χ0v) is 9.24. The molecule has 2 aliphatic rings. The highest BCUT2D eigenvalue weighted by molar-refractivity contribution is 5.14. The Balaban J connectivity index is 2.03. The van der Waals surface area contributed by atoms with E-state index in [-0.39, 0.29) is 12.1 Å². The van der Waals surface area contributed by atoms with Crippen molar-refractivity contribution in [3.63, 3.8) is 0 Å². The van der Waals surface area contributed by atoms with E-state index in [9.17, 15) is 0 Å².